The summed E-state index contributed by atoms with van der Waals surface area (Å²) in [7, 11) is 1.88. The van der Waals surface area contributed by atoms with Crippen LogP contribution in [0.3, 0.4) is 0 Å². The van der Waals surface area contributed by atoms with Gasteiger partial charge in [0.25, 0.3) is 0 Å². The van der Waals surface area contributed by atoms with E-state index in [1.165, 1.54) is 5.56 Å². The average Bonchev–Trinajstić information content (AvgIpc) is 2.72. The van der Waals surface area contributed by atoms with Gasteiger partial charge in [-0.25, -0.2) is 0 Å². The Balaban J connectivity index is 1.93. The highest BCUT2D eigenvalue weighted by Crippen LogP contribution is 2.22. The Hall–Kier alpha value is -1.75. The molecule has 5 heteroatoms. The van der Waals surface area contributed by atoms with Gasteiger partial charge in [-0.1, -0.05) is 30.3 Å². The quantitative estimate of drug-likeness (QED) is 0.922. The van der Waals surface area contributed by atoms with E-state index in [9.17, 15) is 4.79 Å². The lowest BCUT2D eigenvalue weighted by Crippen LogP contribution is -2.23. The van der Waals surface area contributed by atoms with Crippen LogP contribution >= 0.6 is 11.8 Å². The average molecular weight is 303 g/mol. The minimum absolute atomic E-state index is 0.0233. The van der Waals surface area contributed by atoms with Crippen LogP contribution < -0.4 is 5.32 Å². The molecule has 1 heterocycles. The minimum atomic E-state index is -0.107. The van der Waals surface area contributed by atoms with Crippen LogP contribution in [-0.4, -0.2) is 20.9 Å². The van der Waals surface area contributed by atoms with Crippen LogP contribution in [-0.2, 0) is 17.6 Å². The SMILES string of the molecule is Cc1nn(C)c(C)c1NC(=O)[C@@H](C)SCc1ccccc1. The summed E-state index contributed by atoms with van der Waals surface area (Å²) >= 11 is 1.64. The number of nitrogens with one attached hydrogen (secondary N) is 1. The summed E-state index contributed by atoms with van der Waals surface area (Å²) in [5.41, 5.74) is 3.88. The summed E-state index contributed by atoms with van der Waals surface area (Å²) in [6, 6.07) is 10.2. The first-order valence-electron chi connectivity index (χ1n) is 6.95. The fraction of sp³-hybridized carbons (Fsp3) is 0.375. The van der Waals surface area contributed by atoms with Gasteiger partial charge in [-0.2, -0.15) is 5.10 Å². The topological polar surface area (TPSA) is 46.9 Å². The molecule has 112 valence electrons. The molecule has 0 spiro atoms. The normalized spacial score (nSPS) is 12.2. The van der Waals surface area contributed by atoms with Crippen molar-refractivity contribution in [1.82, 2.24) is 9.78 Å². The number of rotatable bonds is 5. The lowest BCUT2D eigenvalue weighted by atomic mass is 10.2. The number of nitrogens with zero attached hydrogens (tertiary/aromatic N) is 2. The second-order valence-electron chi connectivity index (χ2n) is 5.10. The first-order valence-corrected chi connectivity index (χ1v) is 8.00. The van der Waals surface area contributed by atoms with Gasteiger partial charge in [-0.05, 0) is 26.3 Å². The van der Waals surface area contributed by atoms with Crippen LogP contribution in [0.2, 0.25) is 0 Å². The molecular weight excluding hydrogens is 282 g/mol. The van der Waals surface area contributed by atoms with Gasteiger partial charge < -0.3 is 5.32 Å². The number of benzene rings is 1. The summed E-state index contributed by atoms with van der Waals surface area (Å²) in [5.74, 6) is 0.857. The van der Waals surface area contributed by atoms with E-state index in [2.05, 4.69) is 22.5 Å². The molecule has 0 aliphatic carbocycles. The van der Waals surface area contributed by atoms with Crippen LogP contribution in [0.1, 0.15) is 23.9 Å². The maximum Gasteiger partial charge on any atom is 0.237 e. The van der Waals surface area contributed by atoms with E-state index in [1.54, 1.807) is 16.4 Å². The Kier molecular flexibility index (Phi) is 5.07. The molecule has 0 saturated carbocycles. The second kappa shape index (κ2) is 6.80. The van der Waals surface area contributed by atoms with Crippen molar-refractivity contribution >= 4 is 23.4 Å². The summed E-state index contributed by atoms with van der Waals surface area (Å²) in [6.45, 7) is 5.80. The molecule has 0 fully saturated rings. The van der Waals surface area contributed by atoms with Crippen molar-refractivity contribution in [3.63, 3.8) is 0 Å². The smallest absolute Gasteiger partial charge is 0.237 e. The van der Waals surface area contributed by atoms with Crippen molar-refractivity contribution in [3.05, 3.63) is 47.3 Å². The first-order chi connectivity index (χ1) is 9.99. The van der Waals surface area contributed by atoms with E-state index in [0.29, 0.717) is 0 Å². The Morgan fingerprint density at radius 2 is 2.00 bits per heavy atom. The lowest BCUT2D eigenvalue weighted by molar-refractivity contribution is -0.115. The number of anilines is 1. The van der Waals surface area contributed by atoms with Gasteiger partial charge in [-0.3, -0.25) is 9.48 Å². The maximum absolute atomic E-state index is 12.3. The Labute approximate surface area is 129 Å². The van der Waals surface area contributed by atoms with E-state index in [1.807, 2.05) is 46.0 Å². The van der Waals surface area contributed by atoms with Crippen molar-refractivity contribution in [1.29, 1.82) is 0 Å². The van der Waals surface area contributed by atoms with Crippen LogP contribution in [0, 0.1) is 13.8 Å². The summed E-state index contributed by atoms with van der Waals surface area (Å²) in [4.78, 5) is 12.3. The number of thioether (sulfide) groups is 1. The fourth-order valence-corrected chi connectivity index (χ4v) is 2.90. The van der Waals surface area contributed by atoms with Gasteiger partial charge in [0, 0.05) is 12.8 Å². The van der Waals surface area contributed by atoms with Gasteiger partial charge in [-0.15, -0.1) is 11.8 Å². The standard InChI is InChI=1S/C16H21N3OS/c1-11-15(12(2)19(4)18-11)17-16(20)13(3)21-10-14-8-6-5-7-9-14/h5-9,13H,10H2,1-4H3,(H,17,20)/t13-/m1/s1. The van der Waals surface area contributed by atoms with Crippen LogP contribution in [0.15, 0.2) is 30.3 Å². The minimum Gasteiger partial charge on any atom is -0.322 e. The molecule has 0 radical (unpaired) electrons. The third kappa shape index (κ3) is 3.88. The predicted octanol–water partition coefficient (Wildman–Crippen LogP) is 3.30. The molecule has 0 aliphatic heterocycles. The zero-order valence-electron chi connectivity index (χ0n) is 12.9. The fourth-order valence-electron chi connectivity index (χ4n) is 2.05. The molecule has 2 rings (SSSR count). The van der Waals surface area contributed by atoms with Gasteiger partial charge in [0.05, 0.1) is 22.3 Å². The highest BCUT2D eigenvalue weighted by molar-refractivity contribution is 7.99. The highest BCUT2D eigenvalue weighted by atomic mass is 32.2. The van der Waals surface area contributed by atoms with Crippen molar-refractivity contribution in [2.45, 2.75) is 31.8 Å². The lowest BCUT2D eigenvalue weighted by Gasteiger charge is -2.12. The molecule has 4 nitrogen and oxygen atoms in total. The monoisotopic (exact) mass is 303 g/mol. The van der Waals surface area contributed by atoms with E-state index in [-0.39, 0.29) is 11.2 Å². The van der Waals surface area contributed by atoms with Crippen LogP contribution in [0.4, 0.5) is 5.69 Å². The molecule has 0 aliphatic rings. The molecule has 1 aromatic heterocycles. The van der Waals surface area contributed by atoms with Crippen molar-refractivity contribution in [3.8, 4) is 0 Å². The highest BCUT2D eigenvalue weighted by Gasteiger charge is 2.17. The molecule has 2 aromatic rings. The molecular formula is C16H21N3OS. The van der Waals surface area contributed by atoms with Crippen LogP contribution in [0.5, 0.6) is 0 Å². The third-order valence-electron chi connectivity index (χ3n) is 3.47. The molecule has 0 unspecified atom stereocenters. The van der Waals surface area contributed by atoms with Gasteiger partial charge in [0.2, 0.25) is 5.91 Å². The maximum atomic E-state index is 12.3. The molecule has 1 aromatic carbocycles. The number of carbonyl (C=O) groups is 1. The van der Waals surface area contributed by atoms with E-state index < -0.39 is 0 Å². The van der Waals surface area contributed by atoms with E-state index in [0.717, 1.165) is 22.8 Å². The Bertz CT molecular complexity index is 622. The number of hydrogen-bond donors (Lipinski definition) is 1. The van der Waals surface area contributed by atoms with Gasteiger partial charge in [0.15, 0.2) is 0 Å². The number of carbonyl (C=O) groups excluding carboxylic acids is 1. The zero-order valence-corrected chi connectivity index (χ0v) is 13.7. The van der Waals surface area contributed by atoms with E-state index >= 15 is 0 Å². The summed E-state index contributed by atoms with van der Waals surface area (Å²) in [5, 5.41) is 7.20. The zero-order chi connectivity index (χ0) is 15.4. The molecule has 1 atom stereocenters. The van der Waals surface area contributed by atoms with E-state index in [4.69, 9.17) is 0 Å². The van der Waals surface area contributed by atoms with Gasteiger partial charge >= 0.3 is 0 Å². The third-order valence-corrected chi connectivity index (χ3v) is 4.68. The molecule has 21 heavy (non-hydrogen) atoms. The summed E-state index contributed by atoms with van der Waals surface area (Å²) < 4.78 is 1.78. The number of hydrogen-bond acceptors (Lipinski definition) is 3. The van der Waals surface area contributed by atoms with Gasteiger partial charge in [0.1, 0.15) is 0 Å². The number of aryl methyl sites for hydroxylation is 2. The molecule has 1 amide bonds. The Morgan fingerprint density at radius 1 is 1.33 bits per heavy atom. The van der Waals surface area contributed by atoms with Crippen molar-refractivity contribution in [2.24, 2.45) is 7.05 Å². The van der Waals surface area contributed by atoms with Crippen molar-refractivity contribution in [2.75, 3.05) is 5.32 Å². The molecule has 0 saturated heterocycles. The molecule has 0 bridgehead atoms. The van der Waals surface area contributed by atoms with Crippen LogP contribution in [0.25, 0.3) is 0 Å². The summed E-state index contributed by atoms with van der Waals surface area (Å²) in [6.07, 6.45) is 0. The number of amides is 1. The molecule has 1 N–H and O–H groups in total. The Morgan fingerprint density at radius 3 is 2.57 bits per heavy atom. The first kappa shape index (κ1) is 15.6. The van der Waals surface area contributed by atoms with Crippen molar-refractivity contribution < 1.29 is 4.79 Å². The predicted molar refractivity (Wildman–Crippen MR) is 88.5 cm³/mol. The largest absolute Gasteiger partial charge is 0.322 e. The number of aromatic nitrogens is 2. The second-order valence-corrected chi connectivity index (χ2v) is 6.43.